The van der Waals surface area contributed by atoms with Gasteiger partial charge in [-0.1, -0.05) is 17.3 Å². The Kier molecular flexibility index (Phi) is 6.33. The average Bonchev–Trinajstić information content (AvgIpc) is 3.14. The Morgan fingerprint density at radius 3 is 2.55 bits per heavy atom. The molecule has 31 heavy (non-hydrogen) atoms. The number of nitrogen functional groups attached to an aromatic ring is 1. The van der Waals surface area contributed by atoms with Crippen LogP contribution in [0.4, 0.5) is 19.0 Å². The minimum atomic E-state index is -4.52. The van der Waals surface area contributed by atoms with E-state index in [0.717, 1.165) is 22.4 Å². The highest BCUT2D eigenvalue weighted by Gasteiger charge is 2.31. The Morgan fingerprint density at radius 2 is 1.87 bits per heavy atom. The van der Waals surface area contributed by atoms with Crippen molar-refractivity contribution in [3.8, 4) is 17.2 Å². The van der Waals surface area contributed by atoms with Gasteiger partial charge in [-0.2, -0.15) is 17.9 Å². The van der Waals surface area contributed by atoms with E-state index in [-0.39, 0.29) is 23.7 Å². The molecule has 0 saturated carbocycles. The van der Waals surface area contributed by atoms with Crippen LogP contribution < -0.4 is 20.5 Å². The molecular weight excluding hydrogens is 415 g/mol. The lowest BCUT2D eigenvalue weighted by molar-refractivity contribution is -0.137. The van der Waals surface area contributed by atoms with Crippen molar-refractivity contribution in [3.63, 3.8) is 0 Å². The Bertz CT molecular complexity index is 1080. The van der Waals surface area contributed by atoms with Crippen molar-refractivity contribution in [2.24, 2.45) is 0 Å². The van der Waals surface area contributed by atoms with Gasteiger partial charge < -0.3 is 20.5 Å². The molecule has 1 aromatic heterocycles. The number of hydrogen-bond acceptors (Lipinski definition) is 6. The number of nitrogens with zero attached hydrogens (tertiary/aromatic N) is 3. The molecule has 0 spiro atoms. The molecule has 0 fully saturated rings. The summed E-state index contributed by atoms with van der Waals surface area (Å²) in [6.45, 7) is 0.268. The number of carbonyl (C=O) groups excluding carboxylic acids is 1. The van der Waals surface area contributed by atoms with Gasteiger partial charge in [0.15, 0.2) is 23.0 Å². The number of anilines is 1. The van der Waals surface area contributed by atoms with Gasteiger partial charge in [-0.25, -0.2) is 0 Å². The molecule has 0 aliphatic rings. The van der Waals surface area contributed by atoms with Crippen LogP contribution in [0.2, 0.25) is 0 Å². The minimum absolute atomic E-state index is 0.0456. The van der Waals surface area contributed by atoms with Crippen LogP contribution in [0.1, 0.15) is 21.6 Å². The predicted molar refractivity (Wildman–Crippen MR) is 106 cm³/mol. The first-order valence-electron chi connectivity index (χ1n) is 9.12. The van der Waals surface area contributed by atoms with Crippen molar-refractivity contribution in [1.29, 1.82) is 0 Å². The maximum atomic E-state index is 12.9. The second-order valence-corrected chi connectivity index (χ2v) is 6.48. The Hall–Kier alpha value is -3.76. The van der Waals surface area contributed by atoms with Gasteiger partial charge in [0.2, 0.25) is 0 Å². The van der Waals surface area contributed by atoms with Gasteiger partial charge in [-0.15, -0.1) is 5.10 Å². The van der Waals surface area contributed by atoms with Crippen LogP contribution in [0.3, 0.4) is 0 Å². The zero-order valence-electron chi connectivity index (χ0n) is 16.7. The van der Waals surface area contributed by atoms with Gasteiger partial charge in [0.25, 0.3) is 5.91 Å². The van der Waals surface area contributed by atoms with Crippen molar-refractivity contribution >= 4 is 11.7 Å². The quantitative estimate of drug-likeness (QED) is 0.592. The molecule has 2 aromatic carbocycles. The lowest BCUT2D eigenvalue weighted by atomic mass is 10.1. The highest BCUT2D eigenvalue weighted by Crippen LogP contribution is 2.31. The number of ether oxygens (including phenoxy) is 2. The number of alkyl halides is 3. The monoisotopic (exact) mass is 435 g/mol. The first-order chi connectivity index (χ1) is 14.7. The third-order valence-corrected chi connectivity index (χ3v) is 4.49. The topological polar surface area (TPSA) is 104 Å². The molecular formula is C20H20F3N5O3. The lowest BCUT2D eigenvalue weighted by Crippen LogP contribution is -2.27. The molecule has 0 aliphatic heterocycles. The number of nitrogens with two attached hydrogens (primary N) is 1. The largest absolute Gasteiger partial charge is 0.493 e. The van der Waals surface area contributed by atoms with E-state index in [1.54, 1.807) is 12.1 Å². The molecule has 3 rings (SSSR count). The molecule has 11 heteroatoms. The van der Waals surface area contributed by atoms with Crippen molar-refractivity contribution in [2.75, 3.05) is 26.5 Å². The summed E-state index contributed by atoms with van der Waals surface area (Å²) >= 11 is 0. The number of benzene rings is 2. The van der Waals surface area contributed by atoms with E-state index >= 15 is 0 Å². The van der Waals surface area contributed by atoms with Crippen molar-refractivity contribution in [3.05, 3.63) is 59.3 Å². The summed E-state index contributed by atoms with van der Waals surface area (Å²) in [5, 5.41) is 10.1. The number of nitrogens with one attached hydrogen (secondary N) is 1. The Morgan fingerprint density at radius 1 is 1.13 bits per heavy atom. The number of rotatable bonds is 7. The van der Waals surface area contributed by atoms with Crippen molar-refractivity contribution in [2.45, 2.75) is 12.6 Å². The smallest absolute Gasteiger partial charge is 0.416 e. The molecule has 3 aromatic rings. The first kappa shape index (κ1) is 21.9. The van der Waals surface area contributed by atoms with Crippen molar-refractivity contribution < 1.29 is 27.4 Å². The summed E-state index contributed by atoms with van der Waals surface area (Å²) in [5.41, 5.74) is 5.82. The van der Waals surface area contributed by atoms with E-state index in [1.165, 1.54) is 26.4 Å². The fourth-order valence-electron chi connectivity index (χ4n) is 2.90. The standard InChI is InChI=1S/C20H20F3N5O3/c1-30-15-7-6-12(10-16(15)31-2)8-9-25-19(29)17-18(24)28(27-26-17)14-5-3-4-13(11-14)20(21,22)23/h3-7,10-11H,8-9,24H2,1-2H3,(H,25,29). The molecule has 1 heterocycles. The van der Waals surface area contributed by atoms with Gasteiger partial charge in [-0.3, -0.25) is 4.79 Å². The predicted octanol–water partition coefficient (Wildman–Crippen LogP) is 2.86. The highest BCUT2D eigenvalue weighted by molar-refractivity contribution is 5.96. The number of methoxy groups -OCH3 is 2. The van der Waals surface area contributed by atoms with Crippen LogP contribution in [0.5, 0.6) is 11.5 Å². The van der Waals surface area contributed by atoms with E-state index in [2.05, 4.69) is 15.6 Å². The van der Waals surface area contributed by atoms with Crippen LogP contribution in [0.25, 0.3) is 5.69 Å². The molecule has 0 aliphatic carbocycles. The van der Waals surface area contributed by atoms with Crippen LogP contribution in [-0.4, -0.2) is 41.7 Å². The van der Waals surface area contributed by atoms with E-state index in [0.29, 0.717) is 17.9 Å². The second kappa shape index (κ2) is 8.94. The molecule has 8 nitrogen and oxygen atoms in total. The normalized spacial score (nSPS) is 11.3. The van der Waals surface area contributed by atoms with E-state index < -0.39 is 17.6 Å². The maximum absolute atomic E-state index is 12.9. The molecule has 0 unspecified atom stereocenters. The van der Waals surface area contributed by atoms with Crippen LogP contribution in [-0.2, 0) is 12.6 Å². The van der Waals surface area contributed by atoms with Gasteiger partial charge in [0, 0.05) is 6.54 Å². The van der Waals surface area contributed by atoms with Crippen LogP contribution >= 0.6 is 0 Å². The number of aromatic nitrogens is 3. The summed E-state index contributed by atoms with van der Waals surface area (Å²) in [5.74, 6) is 0.410. The average molecular weight is 435 g/mol. The molecule has 0 bridgehead atoms. The molecule has 3 N–H and O–H groups in total. The van der Waals surface area contributed by atoms with E-state index in [9.17, 15) is 18.0 Å². The summed E-state index contributed by atoms with van der Waals surface area (Å²) in [6, 6.07) is 9.81. The van der Waals surface area contributed by atoms with Gasteiger partial charge in [0.1, 0.15) is 0 Å². The summed E-state index contributed by atoms with van der Waals surface area (Å²) in [7, 11) is 3.06. The van der Waals surface area contributed by atoms with Gasteiger partial charge in [0.05, 0.1) is 25.5 Å². The van der Waals surface area contributed by atoms with Crippen LogP contribution in [0, 0.1) is 0 Å². The SMILES string of the molecule is COc1ccc(CCNC(=O)c2nnn(-c3cccc(C(F)(F)F)c3)c2N)cc1OC. The Labute approximate surface area is 175 Å². The summed E-state index contributed by atoms with van der Waals surface area (Å²) in [4.78, 5) is 12.4. The number of hydrogen-bond donors (Lipinski definition) is 2. The van der Waals surface area contributed by atoms with Crippen molar-refractivity contribution in [1.82, 2.24) is 20.3 Å². The summed E-state index contributed by atoms with van der Waals surface area (Å²) < 4.78 is 50.2. The maximum Gasteiger partial charge on any atom is 0.416 e. The van der Waals surface area contributed by atoms with Gasteiger partial charge >= 0.3 is 6.18 Å². The number of carbonyl (C=O) groups is 1. The molecule has 164 valence electrons. The third-order valence-electron chi connectivity index (χ3n) is 4.49. The molecule has 0 saturated heterocycles. The Balaban J connectivity index is 1.68. The summed E-state index contributed by atoms with van der Waals surface area (Å²) in [6.07, 6.45) is -4.02. The molecule has 0 radical (unpaired) electrons. The zero-order chi connectivity index (χ0) is 22.6. The fourth-order valence-corrected chi connectivity index (χ4v) is 2.90. The second-order valence-electron chi connectivity index (χ2n) is 6.48. The lowest BCUT2D eigenvalue weighted by Gasteiger charge is -2.10. The number of amides is 1. The highest BCUT2D eigenvalue weighted by atomic mass is 19.4. The third kappa shape index (κ3) is 4.87. The minimum Gasteiger partial charge on any atom is -0.493 e. The zero-order valence-corrected chi connectivity index (χ0v) is 16.7. The molecule has 0 atom stereocenters. The van der Waals surface area contributed by atoms with Gasteiger partial charge in [-0.05, 0) is 42.3 Å². The fraction of sp³-hybridized carbons (Fsp3) is 0.250. The van der Waals surface area contributed by atoms with Crippen LogP contribution in [0.15, 0.2) is 42.5 Å². The molecule has 1 amide bonds. The first-order valence-corrected chi connectivity index (χ1v) is 9.12. The number of halogens is 3. The van der Waals surface area contributed by atoms with E-state index in [4.69, 9.17) is 15.2 Å². The van der Waals surface area contributed by atoms with E-state index in [1.807, 2.05) is 6.07 Å².